The molecule has 3 rings (SSSR count). The Balaban J connectivity index is 1.59. The summed E-state index contributed by atoms with van der Waals surface area (Å²) in [5.41, 5.74) is 0.250. The number of hydrogen-bond acceptors (Lipinski definition) is 7. The molecule has 9 heteroatoms. The first-order valence-corrected chi connectivity index (χ1v) is 7.38. The van der Waals surface area contributed by atoms with Gasteiger partial charge >= 0.3 is 0 Å². The van der Waals surface area contributed by atoms with E-state index in [1.54, 1.807) is 13.8 Å². The summed E-state index contributed by atoms with van der Waals surface area (Å²) in [6.45, 7) is 4.37. The molecule has 0 aromatic carbocycles. The molecule has 2 aromatic heterocycles. The lowest BCUT2D eigenvalue weighted by Gasteiger charge is -2.22. The van der Waals surface area contributed by atoms with Crippen LogP contribution in [0.3, 0.4) is 0 Å². The lowest BCUT2D eigenvalue weighted by atomic mass is 10.2. The molecule has 8 nitrogen and oxygen atoms in total. The van der Waals surface area contributed by atoms with Gasteiger partial charge in [0, 0.05) is 26.1 Å². The predicted octanol–water partition coefficient (Wildman–Crippen LogP) is 1.02. The summed E-state index contributed by atoms with van der Waals surface area (Å²) in [5.74, 6) is 1.12. The third-order valence-electron chi connectivity index (χ3n) is 3.85. The van der Waals surface area contributed by atoms with Gasteiger partial charge in [-0.1, -0.05) is 5.16 Å². The third-order valence-corrected chi connectivity index (χ3v) is 3.85. The van der Waals surface area contributed by atoms with E-state index < -0.39 is 6.17 Å². The molecule has 1 aliphatic heterocycles. The fourth-order valence-corrected chi connectivity index (χ4v) is 2.73. The lowest BCUT2D eigenvalue weighted by Crippen LogP contribution is -2.40. The van der Waals surface area contributed by atoms with Crippen molar-refractivity contribution in [1.29, 1.82) is 0 Å². The molecule has 23 heavy (non-hydrogen) atoms. The van der Waals surface area contributed by atoms with E-state index in [0.717, 1.165) is 0 Å². The second kappa shape index (κ2) is 6.45. The number of aromatic nitrogens is 3. The molecular weight excluding hydrogens is 305 g/mol. The SMILES string of the molecule is Cc1nc(CN2C[C@@H](F)C[C@H]2CNC(=O)c2ncoc2C)no1. The average Bonchev–Trinajstić information content (AvgIpc) is 3.18. The van der Waals surface area contributed by atoms with Crippen LogP contribution >= 0.6 is 0 Å². The largest absolute Gasteiger partial charge is 0.448 e. The van der Waals surface area contributed by atoms with E-state index in [2.05, 4.69) is 20.4 Å². The van der Waals surface area contributed by atoms with Gasteiger partial charge in [-0.05, 0) is 13.3 Å². The van der Waals surface area contributed by atoms with Crippen LogP contribution in [0.2, 0.25) is 0 Å². The maximum Gasteiger partial charge on any atom is 0.273 e. The molecule has 0 saturated carbocycles. The normalized spacial score (nSPS) is 21.7. The highest BCUT2D eigenvalue weighted by Crippen LogP contribution is 2.21. The zero-order chi connectivity index (χ0) is 16.4. The van der Waals surface area contributed by atoms with E-state index >= 15 is 0 Å². The summed E-state index contributed by atoms with van der Waals surface area (Å²) < 4.78 is 23.7. The average molecular weight is 323 g/mol. The molecule has 0 spiro atoms. The maximum atomic E-state index is 13.7. The van der Waals surface area contributed by atoms with Gasteiger partial charge in [-0.2, -0.15) is 4.98 Å². The van der Waals surface area contributed by atoms with Crippen molar-refractivity contribution >= 4 is 5.91 Å². The second-order valence-corrected chi connectivity index (χ2v) is 5.61. The smallest absolute Gasteiger partial charge is 0.273 e. The van der Waals surface area contributed by atoms with Crippen LogP contribution in [-0.4, -0.2) is 51.2 Å². The highest BCUT2D eigenvalue weighted by Gasteiger charge is 2.33. The number of nitrogens with one attached hydrogen (secondary N) is 1. The van der Waals surface area contributed by atoms with Crippen LogP contribution < -0.4 is 5.32 Å². The zero-order valence-electron chi connectivity index (χ0n) is 13.0. The van der Waals surface area contributed by atoms with Crippen LogP contribution in [0.25, 0.3) is 0 Å². The molecule has 1 amide bonds. The number of alkyl halides is 1. The molecule has 1 fully saturated rings. The first kappa shape index (κ1) is 15.6. The van der Waals surface area contributed by atoms with Gasteiger partial charge in [0.1, 0.15) is 11.9 Å². The Bertz CT molecular complexity index is 686. The highest BCUT2D eigenvalue weighted by atomic mass is 19.1. The van der Waals surface area contributed by atoms with Crippen molar-refractivity contribution < 1.29 is 18.1 Å². The van der Waals surface area contributed by atoms with E-state index in [0.29, 0.717) is 37.0 Å². The summed E-state index contributed by atoms with van der Waals surface area (Å²) in [4.78, 5) is 22.0. The van der Waals surface area contributed by atoms with Crippen LogP contribution in [0, 0.1) is 13.8 Å². The Morgan fingerprint density at radius 2 is 2.35 bits per heavy atom. The minimum atomic E-state index is -0.932. The van der Waals surface area contributed by atoms with Crippen molar-refractivity contribution in [3.8, 4) is 0 Å². The van der Waals surface area contributed by atoms with Gasteiger partial charge in [0.2, 0.25) is 5.89 Å². The van der Waals surface area contributed by atoms with Crippen molar-refractivity contribution in [2.24, 2.45) is 0 Å². The van der Waals surface area contributed by atoms with Gasteiger partial charge in [-0.25, -0.2) is 9.37 Å². The highest BCUT2D eigenvalue weighted by molar-refractivity contribution is 5.93. The third kappa shape index (κ3) is 3.55. The lowest BCUT2D eigenvalue weighted by molar-refractivity contribution is 0.0933. The number of likely N-dealkylation sites (tertiary alicyclic amines) is 1. The maximum absolute atomic E-state index is 13.7. The number of nitrogens with zero attached hydrogens (tertiary/aromatic N) is 4. The van der Waals surface area contributed by atoms with Gasteiger partial charge in [0.15, 0.2) is 17.9 Å². The van der Waals surface area contributed by atoms with Crippen LogP contribution in [0.4, 0.5) is 4.39 Å². The molecule has 2 atom stereocenters. The number of amides is 1. The Morgan fingerprint density at radius 1 is 1.52 bits per heavy atom. The molecule has 1 aliphatic rings. The number of carbonyl (C=O) groups excluding carboxylic acids is 1. The Hall–Kier alpha value is -2.29. The van der Waals surface area contributed by atoms with Gasteiger partial charge in [-0.3, -0.25) is 9.69 Å². The number of oxazole rings is 1. The number of aryl methyl sites for hydroxylation is 2. The monoisotopic (exact) mass is 323 g/mol. The Kier molecular flexibility index (Phi) is 4.37. The summed E-state index contributed by atoms with van der Waals surface area (Å²) in [5, 5.41) is 6.60. The van der Waals surface area contributed by atoms with Gasteiger partial charge in [0.05, 0.1) is 6.54 Å². The predicted molar refractivity (Wildman–Crippen MR) is 76.3 cm³/mol. The zero-order valence-corrected chi connectivity index (χ0v) is 13.0. The molecule has 0 radical (unpaired) electrons. The van der Waals surface area contributed by atoms with E-state index in [1.807, 2.05) is 4.90 Å². The molecule has 0 aliphatic carbocycles. The second-order valence-electron chi connectivity index (χ2n) is 5.61. The van der Waals surface area contributed by atoms with Crippen molar-refractivity contribution in [2.45, 2.75) is 39.0 Å². The summed E-state index contributed by atoms with van der Waals surface area (Å²) in [7, 11) is 0. The first-order valence-electron chi connectivity index (χ1n) is 7.38. The van der Waals surface area contributed by atoms with Gasteiger partial charge in [-0.15, -0.1) is 0 Å². The van der Waals surface area contributed by atoms with Crippen molar-refractivity contribution in [3.63, 3.8) is 0 Å². The number of carbonyl (C=O) groups is 1. The number of hydrogen-bond donors (Lipinski definition) is 1. The van der Waals surface area contributed by atoms with E-state index in [4.69, 9.17) is 8.94 Å². The first-order chi connectivity index (χ1) is 11.0. The Morgan fingerprint density at radius 3 is 3.00 bits per heavy atom. The molecule has 124 valence electrons. The standard InChI is InChI=1S/C14H18FN5O3/c1-8-13(17-7-22-8)14(21)16-4-11-3-10(15)5-20(11)6-12-18-9(2)23-19-12/h7,10-11H,3-6H2,1-2H3,(H,16,21)/t10-,11-/m0/s1. The van der Waals surface area contributed by atoms with Gasteiger partial charge in [0.25, 0.3) is 5.91 Å². The topological polar surface area (TPSA) is 97.3 Å². The van der Waals surface area contributed by atoms with Crippen molar-refractivity contribution in [3.05, 3.63) is 29.6 Å². The molecule has 1 N–H and O–H groups in total. The summed E-state index contributed by atoms with van der Waals surface area (Å²) in [6.07, 6.45) is 0.649. The molecule has 0 unspecified atom stereocenters. The number of halogens is 1. The van der Waals surface area contributed by atoms with E-state index in [9.17, 15) is 9.18 Å². The van der Waals surface area contributed by atoms with Crippen molar-refractivity contribution in [2.75, 3.05) is 13.1 Å². The van der Waals surface area contributed by atoms with Crippen molar-refractivity contribution in [1.82, 2.24) is 25.3 Å². The van der Waals surface area contributed by atoms with Gasteiger partial charge < -0.3 is 14.3 Å². The fourth-order valence-electron chi connectivity index (χ4n) is 2.73. The quantitative estimate of drug-likeness (QED) is 0.877. The molecule has 2 aromatic rings. The number of rotatable bonds is 5. The minimum absolute atomic E-state index is 0.125. The molecule has 3 heterocycles. The Labute approximate surface area is 132 Å². The molecule has 1 saturated heterocycles. The minimum Gasteiger partial charge on any atom is -0.448 e. The van der Waals surface area contributed by atoms with E-state index in [1.165, 1.54) is 6.39 Å². The van der Waals surface area contributed by atoms with Crippen LogP contribution in [-0.2, 0) is 6.54 Å². The molecule has 0 bridgehead atoms. The summed E-state index contributed by atoms with van der Waals surface area (Å²) >= 11 is 0. The molecular formula is C14H18FN5O3. The van der Waals surface area contributed by atoms with E-state index in [-0.39, 0.29) is 24.2 Å². The van der Waals surface area contributed by atoms with Crippen LogP contribution in [0.15, 0.2) is 15.3 Å². The summed E-state index contributed by atoms with van der Waals surface area (Å²) in [6, 6.07) is -0.125. The van der Waals surface area contributed by atoms with Crippen LogP contribution in [0.1, 0.15) is 34.4 Å². The van der Waals surface area contributed by atoms with Crippen LogP contribution in [0.5, 0.6) is 0 Å². The fraction of sp³-hybridized carbons (Fsp3) is 0.571.